The van der Waals surface area contributed by atoms with Crippen LogP contribution in [0.25, 0.3) is 0 Å². The fraction of sp³-hybridized carbons (Fsp3) is 0.500. The third kappa shape index (κ3) is 5.66. The van der Waals surface area contributed by atoms with Gasteiger partial charge in [-0.2, -0.15) is 0 Å². The molecular formula is C12H18BrNO2S. The van der Waals surface area contributed by atoms with E-state index in [0.29, 0.717) is 6.42 Å². The summed E-state index contributed by atoms with van der Waals surface area (Å²) in [5.41, 5.74) is 1.17. The molecule has 0 aliphatic carbocycles. The number of sulfone groups is 1. The average Bonchev–Trinajstić information content (AvgIpc) is 2.24. The zero-order valence-electron chi connectivity index (χ0n) is 10.1. The molecule has 1 N–H and O–H groups in total. The van der Waals surface area contributed by atoms with Crippen molar-refractivity contribution in [1.82, 2.24) is 5.32 Å². The van der Waals surface area contributed by atoms with Gasteiger partial charge in [0.05, 0.1) is 5.75 Å². The van der Waals surface area contributed by atoms with E-state index in [1.165, 1.54) is 11.8 Å². The van der Waals surface area contributed by atoms with E-state index in [1.54, 1.807) is 0 Å². The van der Waals surface area contributed by atoms with Gasteiger partial charge in [-0.05, 0) is 37.1 Å². The molecule has 0 amide bonds. The molecule has 0 spiro atoms. The van der Waals surface area contributed by atoms with Crippen LogP contribution in [-0.4, -0.2) is 34.0 Å². The first-order valence-electron chi connectivity index (χ1n) is 5.50. The van der Waals surface area contributed by atoms with E-state index in [9.17, 15) is 8.42 Å². The highest BCUT2D eigenvalue weighted by Gasteiger charge is 2.13. The predicted octanol–water partition coefficient (Wildman–Crippen LogP) is 2.19. The van der Waals surface area contributed by atoms with Crippen molar-refractivity contribution < 1.29 is 8.42 Å². The topological polar surface area (TPSA) is 46.2 Å². The van der Waals surface area contributed by atoms with Crippen molar-refractivity contribution in [2.24, 2.45) is 0 Å². The van der Waals surface area contributed by atoms with Gasteiger partial charge in [0.15, 0.2) is 0 Å². The molecule has 1 atom stereocenters. The highest BCUT2D eigenvalue weighted by atomic mass is 79.9. The molecule has 0 radical (unpaired) electrons. The van der Waals surface area contributed by atoms with E-state index in [2.05, 4.69) is 21.2 Å². The summed E-state index contributed by atoms with van der Waals surface area (Å²) in [5.74, 6) is 0.470. The first kappa shape index (κ1) is 14.7. The Labute approximate surface area is 112 Å². The molecular weight excluding hydrogens is 302 g/mol. The number of halogens is 1. The van der Waals surface area contributed by atoms with Gasteiger partial charge >= 0.3 is 0 Å². The fourth-order valence-electron chi connectivity index (χ4n) is 1.72. The Bertz CT molecular complexity index is 442. The van der Waals surface area contributed by atoms with Gasteiger partial charge in [0.2, 0.25) is 0 Å². The van der Waals surface area contributed by atoms with Crippen LogP contribution in [0.15, 0.2) is 28.7 Å². The molecule has 3 nitrogen and oxygen atoms in total. The summed E-state index contributed by atoms with van der Waals surface area (Å²) >= 11 is 3.39. The second-order valence-electron chi connectivity index (χ2n) is 4.22. The molecule has 0 saturated heterocycles. The highest BCUT2D eigenvalue weighted by molar-refractivity contribution is 9.10. The van der Waals surface area contributed by atoms with Gasteiger partial charge in [-0.25, -0.2) is 8.42 Å². The second kappa shape index (κ2) is 6.52. The average molecular weight is 320 g/mol. The monoisotopic (exact) mass is 319 g/mol. The van der Waals surface area contributed by atoms with E-state index in [1.807, 2.05) is 31.3 Å². The first-order chi connectivity index (χ1) is 7.92. The molecule has 5 heteroatoms. The molecule has 96 valence electrons. The molecule has 1 rings (SSSR count). The lowest BCUT2D eigenvalue weighted by molar-refractivity contribution is 0.578. The molecule has 0 heterocycles. The Morgan fingerprint density at radius 1 is 1.29 bits per heavy atom. The summed E-state index contributed by atoms with van der Waals surface area (Å²) in [7, 11) is -1.01. The van der Waals surface area contributed by atoms with Crippen LogP contribution in [0.2, 0.25) is 0 Å². The van der Waals surface area contributed by atoms with E-state index in [-0.39, 0.29) is 11.7 Å². The number of hydrogen-bond donors (Lipinski definition) is 1. The lowest BCUT2D eigenvalue weighted by atomic mass is 9.96. The number of hydrogen-bond acceptors (Lipinski definition) is 3. The van der Waals surface area contributed by atoms with Crippen molar-refractivity contribution in [3.05, 3.63) is 34.3 Å². The highest BCUT2D eigenvalue weighted by Crippen LogP contribution is 2.21. The van der Waals surface area contributed by atoms with E-state index in [0.717, 1.165) is 11.0 Å². The quantitative estimate of drug-likeness (QED) is 0.874. The van der Waals surface area contributed by atoms with Gasteiger partial charge < -0.3 is 5.32 Å². The fourth-order valence-corrected chi connectivity index (χ4v) is 2.70. The van der Waals surface area contributed by atoms with Crippen molar-refractivity contribution in [1.29, 1.82) is 0 Å². The Hall–Kier alpha value is -0.390. The molecule has 0 aliphatic heterocycles. The molecule has 0 aliphatic rings. The molecule has 1 aromatic carbocycles. The van der Waals surface area contributed by atoms with Crippen LogP contribution in [0.4, 0.5) is 0 Å². The van der Waals surface area contributed by atoms with Crippen LogP contribution in [0.3, 0.4) is 0 Å². The minimum absolute atomic E-state index is 0.232. The number of likely N-dealkylation sites (N-methyl/N-ethyl adjacent to an activating group) is 1. The molecule has 17 heavy (non-hydrogen) atoms. The summed E-state index contributed by atoms with van der Waals surface area (Å²) in [4.78, 5) is 0. The zero-order valence-corrected chi connectivity index (χ0v) is 12.5. The van der Waals surface area contributed by atoms with E-state index in [4.69, 9.17) is 0 Å². The maximum absolute atomic E-state index is 11.2. The predicted molar refractivity (Wildman–Crippen MR) is 75.1 cm³/mol. The molecule has 1 unspecified atom stereocenters. The Kier molecular flexibility index (Phi) is 5.62. The first-order valence-corrected chi connectivity index (χ1v) is 8.35. The molecule has 0 bridgehead atoms. The maximum Gasteiger partial charge on any atom is 0.147 e. The van der Waals surface area contributed by atoms with Crippen molar-refractivity contribution in [2.75, 3.05) is 25.6 Å². The zero-order chi connectivity index (χ0) is 12.9. The van der Waals surface area contributed by atoms with Crippen LogP contribution >= 0.6 is 15.9 Å². The van der Waals surface area contributed by atoms with E-state index < -0.39 is 9.84 Å². The minimum Gasteiger partial charge on any atom is -0.319 e. The molecule has 1 aromatic rings. The summed E-state index contributed by atoms with van der Waals surface area (Å²) in [6.45, 7) is 0.789. The number of benzene rings is 1. The maximum atomic E-state index is 11.2. The van der Waals surface area contributed by atoms with Crippen molar-refractivity contribution in [3.8, 4) is 0 Å². The van der Waals surface area contributed by atoms with Crippen LogP contribution < -0.4 is 5.32 Å². The second-order valence-corrected chi connectivity index (χ2v) is 7.40. The van der Waals surface area contributed by atoms with Gasteiger partial charge in [0, 0.05) is 17.3 Å². The minimum atomic E-state index is -2.89. The van der Waals surface area contributed by atoms with Crippen LogP contribution in [0.5, 0.6) is 0 Å². The lowest BCUT2D eigenvalue weighted by Crippen LogP contribution is -2.20. The van der Waals surface area contributed by atoms with Gasteiger partial charge in [0.1, 0.15) is 9.84 Å². The number of nitrogens with one attached hydrogen (secondary N) is 1. The third-order valence-corrected chi connectivity index (χ3v) is 4.13. The number of rotatable bonds is 6. The summed E-state index contributed by atoms with van der Waals surface area (Å²) < 4.78 is 23.4. The van der Waals surface area contributed by atoms with E-state index >= 15 is 0 Å². The lowest BCUT2D eigenvalue weighted by Gasteiger charge is -2.16. The largest absolute Gasteiger partial charge is 0.319 e. The third-order valence-electron chi connectivity index (χ3n) is 2.63. The normalized spacial score (nSPS) is 13.6. The molecule has 0 saturated carbocycles. The van der Waals surface area contributed by atoms with Crippen LogP contribution in [-0.2, 0) is 9.84 Å². The summed E-state index contributed by atoms with van der Waals surface area (Å²) in [6.07, 6.45) is 1.94. The van der Waals surface area contributed by atoms with Crippen molar-refractivity contribution >= 4 is 25.8 Å². The molecule has 0 fully saturated rings. The summed E-state index contributed by atoms with van der Waals surface area (Å²) in [5, 5.41) is 3.11. The van der Waals surface area contributed by atoms with Gasteiger partial charge in [-0.1, -0.05) is 28.1 Å². The van der Waals surface area contributed by atoms with Gasteiger partial charge in [0.25, 0.3) is 0 Å². The SMILES string of the molecule is CNCC(CCS(C)(=O)=O)c1ccc(Br)cc1. The molecule has 0 aromatic heterocycles. The van der Waals surface area contributed by atoms with Crippen molar-refractivity contribution in [3.63, 3.8) is 0 Å². The Balaban J connectivity index is 2.75. The van der Waals surface area contributed by atoms with Gasteiger partial charge in [-0.3, -0.25) is 0 Å². The Morgan fingerprint density at radius 2 is 1.88 bits per heavy atom. The van der Waals surface area contributed by atoms with Crippen LogP contribution in [0, 0.1) is 0 Å². The standard InChI is InChI=1S/C12H18BrNO2S/c1-14-9-11(7-8-17(2,15)16)10-3-5-12(13)6-4-10/h3-6,11,14H,7-9H2,1-2H3. The van der Waals surface area contributed by atoms with Crippen molar-refractivity contribution in [2.45, 2.75) is 12.3 Å². The van der Waals surface area contributed by atoms with Gasteiger partial charge in [-0.15, -0.1) is 0 Å². The smallest absolute Gasteiger partial charge is 0.147 e. The summed E-state index contributed by atoms with van der Waals surface area (Å²) in [6, 6.07) is 8.04. The Morgan fingerprint density at radius 3 is 2.35 bits per heavy atom. The van der Waals surface area contributed by atoms with Crippen LogP contribution in [0.1, 0.15) is 17.9 Å².